The number of fused-ring (bicyclic) bond motifs is 1. The maximum Gasteiger partial charge on any atom is 0.261 e. The van der Waals surface area contributed by atoms with Crippen LogP contribution in [0.25, 0.3) is 22.3 Å². The molecular formula is C26H26N2O3. The number of aryl methyl sites for hydroxylation is 2. The zero-order valence-electron chi connectivity index (χ0n) is 18.1. The van der Waals surface area contributed by atoms with E-state index < -0.39 is 0 Å². The molecule has 4 aromatic rings. The van der Waals surface area contributed by atoms with Gasteiger partial charge in [0, 0.05) is 12.1 Å². The summed E-state index contributed by atoms with van der Waals surface area (Å²) in [6, 6.07) is 21.2. The molecule has 1 heterocycles. The third kappa shape index (κ3) is 4.45. The van der Waals surface area contributed by atoms with E-state index in [-0.39, 0.29) is 5.56 Å². The van der Waals surface area contributed by atoms with Crippen molar-refractivity contribution in [3.05, 3.63) is 88.2 Å². The van der Waals surface area contributed by atoms with Gasteiger partial charge in [-0.25, -0.2) is 4.98 Å². The van der Waals surface area contributed by atoms with Crippen molar-refractivity contribution in [2.24, 2.45) is 0 Å². The van der Waals surface area contributed by atoms with Crippen LogP contribution in [0.3, 0.4) is 0 Å². The van der Waals surface area contributed by atoms with Crippen LogP contribution in [0.15, 0.2) is 71.5 Å². The molecule has 0 aliphatic carbocycles. The number of para-hydroxylation sites is 1. The predicted octanol–water partition coefficient (Wildman–Crippen LogP) is 5.16. The lowest BCUT2D eigenvalue weighted by Gasteiger charge is -2.15. The molecule has 0 N–H and O–H groups in total. The van der Waals surface area contributed by atoms with Crippen molar-refractivity contribution >= 4 is 10.9 Å². The van der Waals surface area contributed by atoms with Gasteiger partial charge >= 0.3 is 0 Å². The molecule has 5 nitrogen and oxygen atoms in total. The van der Waals surface area contributed by atoms with E-state index in [9.17, 15) is 4.79 Å². The number of methoxy groups -OCH3 is 1. The molecule has 0 atom stereocenters. The van der Waals surface area contributed by atoms with Gasteiger partial charge in [-0.05, 0) is 68.3 Å². The summed E-state index contributed by atoms with van der Waals surface area (Å²) in [4.78, 5) is 18.1. The first-order valence-corrected chi connectivity index (χ1v) is 10.4. The molecule has 0 unspecified atom stereocenters. The van der Waals surface area contributed by atoms with E-state index >= 15 is 0 Å². The monoisotopic (exact) mass is 414 g/mol. The summed E-state index contributed by atoms with van der Waals surface area (Å²) in [6.07, 6.45) is 0.691. The maximum atomic E-state index is 13.3. The minimum absolute atomic E-state index is 0.0389. The van der Waals surface area contributed by atoms with Gasteiger partial charge in [-0.2, -0.15) is 0 Å². The Morgan fingerprint density at radius 1 is 0.968 bits per heavy atom. The largest absolute Gasteiger partial charge is 0.497 e. The summed E-state index contributed by atoms with van der Waals surface area (Å²) < 4.78 is 13.0. The van der Waals surface area contributed by atoms with Crippen molar-refractivity contribution in [3.63, 3.8) is 0 Å². The summed E-state index contributed by atoms with van der Waals surface area (Å²) in [5, 5.41) is 0.620. The molecule has 158 valence electrons. The third-order valence-corrected chi connectivity index (χ3v) is 5.32. The Hall–Kier alpha value is -3.60. The van der Waals surface area contributed by atoms with Crippen LogP contribution in [0, 0.1) is 13.8 Å². The van der Waals surface area contributed by atoms with Gasteiger partial charge in [-0.15, -0.1) is 0 Å². The van der Waals surface area contributed by atoms with Gasteiger partial charge in [0.25, 0.3) is 5.56 Å². The molecule has 0 aliphatic heterocycles. The molecule has 1 aromatic heterocycles. The molecule has 0 saturated carbocycles. The lowest BCUT2D eigenvalue weighted by molar-refractivity contribution is 0.299. The maximum absolute atomic E-state index is 13.3. The Labute approximate surface area is 181 Å². The second-order valence-electron chi connectivity index (χ2n) is 7.61. The van der Waals surface area contributed by atoms with Crippen LogP contribution in [-0.2, 0) is 6.54 Å². The smallest absolute Gasteiger partial charge is 0.261 e. The van der Waals surface area contributed by atoms with Gasteiger partial charge in [0.05, 0.1) is 24.6 Å². The quantitative estimate of drug-likeness (QED) is 0.392. The predicted molar refractivity (Wildman–Crippen MR) is 124 cm³/mol. The van der Waals surface area contributed by atoms with Crippen molar-refractivity contribution in [1.29, 1.82) is 0 Å². The number of aromatic nitrogens is 2. The van der Waals surface area contributed by atoms with Crippen molar-refractivity contribution in [2.75, 3.05) is 13.7 Å². The minimum Gasteiger partial charge on any atom is -0.497 e. The normalized spacial score (nSPS) is 10.9. The summed E-state index contributed by atoms with van der Waals surface area (Å²) in [5.74, 6) is 2.29. The van der Waals surface area contributed by atoms with Crippen LogP contribution in [-0.4, -0.2) is 23.3 Å². The summed E-state index contributed by atoms with van der Waals surface area (Å²) in [7, 11) is 1.63. The van der Waals surface area contributed by atoms with Gasteiger partial charge in [-0.1, -0.05) is 29.8 Å². The minimum atomic E-state index is -0.0389. The van der Waals surface area contributed by atoms with E-state index in [2.05, 4.69) is 13.0 Å². The summed E-state index contributed by atoms with van der Waals surface area (Å²) in [6.45, 7) is 5.15. The Bertz CT molecular complexity index is 1260. The number of benzene rings is 3. The SMILES string of the molecule is COc1ccc(-c2nc3ccccc3c(=O)n2CCCOc2ccc(C)cc2C)cc1. The van der Waals surface area contributed by atoms with Gasteiger partial charge in [0.15, 0.2) is 0 Å². The summed E-state index contributed by atoms with van der Waals surface area (Å²) in [5.41, 5.74) is 3.86. The average Bonchev–Trinajstić information content (AvgIpc) is 2.79. The first-order valence-electron chi connectivity index (χ1n) is 10.4. The zero-order chi connectivity index (χ0) is 21.8. The topological polar surface area (TPSA) is 53.3 Å². The van der Waals surface area contributed by atoms with Gasteiger partial charge in [-0.3, -0.25) is 9.36 Å². The van der Waals surface area contributed by atoms with Crippen LogP contribution in [0.5, 0.6) is 11.5 Å². The van der Waals surface area contributed by atoms with E-state index in [4.69, 9.17) is 14.5 Å². The van der Waals surface area contributed by atoms with E-state index in [1.54, 1.807) is 11.7 Å². The number of hydrogen-bond donors (Lipinski definition) is 0. The van der Waals surface area contributed by atoms with Crippen LogP contribution >= 0.6 is 0 Å². The molecule has 0 aliphatic rings. The van der Waals surface area contributed by atoms with E-state index in [1.165, 1.54) is 5.56 Å². The van der Waals surface area contributed by atoms with Crippen molar-refractivity contribution in [3.8, 4) is 22.9 Å². The molecule has 0 amide bonds. The highest BCUT2D eigenvalue weighted by atomic mass is 16.5. The lowest BCUT2D eigenvalue weighted by atomic mass is 10.1. The first-order chi connectivity index (χ1) is 15.1. The van der Waals surface area contributed by atoms with Crippen molar-refractivity contribution < 1.29 is 9.47 Å². The fraction of sp³-hybridized carbons (Fsp3) is 0.231. The number of nitrogens with zero attached hydrogens (tertiary/aromatic N) is 2. The standard InChI is InChI=1S/C26H26N2O3/c1-18-9-14-24(19(2)17-18)31-16-6-15-28-25(20-10-12-21(30-3)13-11-20)27-23-8-5-4-7-22(23)26(28)29/h4-5,7-14,17H,6,15-16H2,1-3H3. The fourth-order valence-electron chi connectivity index (χ4n) is 3.70. The molecule has 0 saturated heterocycles. The molecule has 0 bridgehead atoms. The van der Waals surface area contributed by atoms with Crippen LogP contribution in [0.2, 0.25) is 0 Å². The number of ether oxygens (including phenoxy) is 2. The van der Waals surface area contributed by atoms with Crippen molar-refractivity contribution in [2.45, 2.75) is 26.8 Å². The zero-order valence-corrected chi connectivity index (χ0v) is 18.1. The fourth-order valence-corrected chi connectivity index (χ4v) is 3.70. The first kappa shape index (κ1) is 20.7. The van der Waals surface area contributed by atoms with Crippen molar-refractivity contribution in [1.82, 2.24) is 9.55 Å². The second-order valence-corrected chi connectivity index (χ2v) is 7.61. The Kier molecular flexibility index (Phi) is 6.03. The highest BCUT2D eigenvalue weighted by Gasteiger charge is 2.13. The molecule has 3 aromatic carbocycles. The molecule has 0 fully saturated rings. The van der Waals surface area contributed by atoms with E-state index in [0.717, 1.165) is 22.6 Å². The lowest BCUT2D eigenvalue weighted by Crippen LogP contribution is -2.24. The third-order valence-electron chi connectivity index (χ3n) is 5.32. The highest BCUT2D eigenvalue weighted by molar-refractivity contribution is 5.79. The molecule has 31 heavy (non-hydrogen) atoms. The van der Waals surface area contributed by atoms with Gasteiger partial charge in [0.1, 0.15) is 17.3 Å². The Morgan fingerprint density at radius 2 is 1.74 bits per heavy atom. The molecule has 0 spiro atoms. The summed E-state index contributed by atoms with van der Waals surface area (Å²) >= 11 is 0. The Morgan fingerprint density at radius 3 is 2.48 bits per heavy atom. The van der Waals surface area contributed by atoms with Crippen LogP contribution < -0.4 is 15.0 Å². The van der Waals surface area contributed by atoms with Crippen LogP contribution in [0.1, 0.15) is 17.5 Å². The Balaban J connectivity index is 1.61. The molecule has 4 rings (SSSR count). The van der Waals surface area contributed by atoms with E-state index in [1.807, 2.05) is 67.6 Å². The molecule has 5 heteroatoms. The van der Waals surface area contributed by atoms with E-state index in [0.29, 0.717) is 36.3 Å². The number of hydrogen-bond acceptors (Lipinski definition) is 4. The second kappa shape index (κ2) is 9.04. The van der Waals surface area contributed by atoms with Gasteiger partial charge < -0.3 is 9.47 Å². The van der Waals surface area contributed by atoms with Gasteiger partial charge in [0.2, 0.25) is 0 Å². The molecule has 0 radical (unpaired) electrons. The highest BCUT2D eigenvalue weighted by Crippen LogP contribution is 2.23. The number of rotatable bonds is 7. The average molecular weight is 415 g/mol. The van der Waals surface area contributed by atoms with Crippen LogP contribution in [0.4, 0.5) is 0 Å². The molecular weight excluding hydrogens is 388 g/mol.